The van der Waals surface area contributed by atoms with E-state index in [9.17, 15) is 0 Å². The number of anilines is 1. The van der Waals surface area contributed by atoms with Gasteiger partial charge in [-0.1, -0.05) is 31.4 Å². The molecule has 0 spiro atoms. The van der Waals surface area contributed by atoms with Gasteiger partial charge in [0.05, 0.1) is 10.7 Å². The van der Waals surface area contributed by atoms with Gasteiger partial charge in [0.1, 0.15) is 0 Å². The van der Waals surface area contributed by atoms with E-state index in [0.29, 0.717) is 5.02 Å². The van der Waals surface area contributed by atoms with E-state index in [0.717, 1.165) is 24.1 Å². The Morgan fingerprint density at radius 2 is 2.40 bits per heavy atom. The molecule has 1 heterocycles. The molecule has 0 saturated heterocycles. The van der Waals surface area contributed by atoms with Gasteiger partial charge in [0.25, 0.3) is 0 Å². The maximum absolute atomic E-state index is 6.02. The molecular weight excluding hydrogens is 208 g/mol. The Morgan fingerprint density at radius 1 is 1.53 bits per heavy atom. The van der Waals surface area contributed by atoms with E-state index in [1.54, 1.807) is 12.4 Å². The number of hydrogen-bond donors (Lipinski definition) is 1. The number of nitrogens with zero attached hydrogens (tertiary/aromatic N) is 1. The predicted molar refractivity (Wildman–Crippen MR) is 64.2 cm³/mol. The SMILES string of the molecule is CC1CCCC1CNc1ccncc1Cl. The van der Waals surface area contributed by atoms with E-state index in [1.807, 2.05) is 6.07 Å². The molecule has 3 heteroatoms. The minimum atomic E-state index is 0.711. The second-order valence-corrected chi connectivity index (χ2v) is 4.81. The second-order valence-electron chi connectivity index (χ2n) is 4.40. The summed E-state index contributed by atoms with van der Waals surface area (Å²) in [5.41, 5.74) is 1.01. The van der Waals surface area contributed by atoms with Crippen molar-refractivity contribution in [3.8, 4) is 0 Å². The van der Waals surface area contributed by atoms with E-state index < -0.39 is 0 Å². The Kier molecular flexibility index (Phi) is 3.47. The van der Waals surface area contributed by atoms with E-state index in [-0.39, 0.29) is 0 Å². The molecule has 1 saturated carbocycles. The predicted octanol–water partition coefficient (Wildman–Crippen LogP) is 3.58. The minimum absolute atomic E-state index is 0.711. The summed E-state index contributed by atoms with van der Waals surface area (Å²) in [4.78, 5) is 3.97. The standard InChI is InChI=1S/C12H17ClN2/c1-9-3-2-4-10(9)7-15-12-5-6-14-8-11(12)13/h5-6,8-10H,2-4,7H2,1H3,(H,14,15). The van der Waals surface area contributed by atoms with Crippen LogP contribution in [0.5, 0.6) is 0 Å². The lowest BCUT2D eigenvalue weighted by molar-refractivity contribution is 0.439. The van der Waals surface area contributed by atoms with Crippen LogP contribution in [0.15, 0.2) is 18.5 Å². The molecule has 1 aromatic rings. The van der Waals surface area contributed by atoms with Crippen LogP contribution in [0.3, 0.4) is 0 Å². The van der Waals surface area contributed by atoms with Crippen molar-refractivity contribution < 1.29 is 0 Å². The van der Waals surface area contributed by atoms with Crippen molar-refractivity contribution in [3.63, 3.8) is 0 Å². The highest BCUT2D eigenvalue weighted by Gasteiger charge is 2.22. The van der Waals surface area contributed by atoms with Crippen LogP contribution in [0.4, 0.5) is 5.69 Å². The molecule has 0 bridgehead atoms. The average molecular weight is 225 g/mol. The first-order valence-electron chi connectivity index (χ1n) is 5.61. The summed E-state index contributed by atoms with van der Waals surface area (Å²) in [7, 11) is 0. The highest BCUT2D eigenvalue weighted by molar-refractivity contribution is 6.33. The summed E-state index contributed by atoms with van der Waals surface area (Å²) in [5, 5.41) is 4.12. The molecular formula is C12H17ClN2. The van der Waals surface area contributed by atoms with Crippen molar-refractivity contribution >= 4 is 17.3 Å². The molecule has 0 amide bonds. The zero-order valence-corrected chi connectivity index (χ0v) is 9.80. The molecule has 0 aromatic carbocycles. The lowest BCUT2D eigenvalue weighted by Gasteiger charge is -2.17. The van der Waals surface area contributed by atoms with Crippen molar-refractivity contribution in [2.45, 2.75) is 26.2 Å². The third-order valence-corrected chi connectivity index (χ3v) is 3.67. The molecule has 2 rings (SSSR count). The van der Waals surface area contributed by atoms with Gasteiger partial charge in [0.15, 0.2) is 0 Å². The first kappa shape index (κ1) is 10.7. The number of rotatable bonds is 3. The fraction of sp³-hybridized carbons (Fsp3) is 0.583. The fourth-order valence-corrected chi connectivity index (χ4v) is 2.47. The van der Waals surface area contributed by atoms with Crippen LogP contribution in [0.1, 0.15) is 26.2 Å². The first-order valence-corrected chi connectivity index (χ1v) is 5.98. The average Bonchev–Trinajstić information content (AvgIpc) is 2.63. The Bertz CT molecular complexity index is 327. The summed E-state index contributed by atoms with van der Waals surface area (Å²) in [6, 6.07) is 1.93. The highest BCUT2D eigenvalue weighted by Crippen LogP contribution is 2.31. The smallest absolute Gasteiger partial charge is 0.0820 e. The van der Waals surface area contributed by atoms with Crippen molar-refractivity contribution in [3.05, 3.63) is 23.5 Å². The van der Waals surface area contributed by atoms with Gasteiger partial charge in [-0.15, -0.1) is 0 Å². The second kappa shape index (κ2) is 4.84. The van der Waals surface area contributed by atoms with Crippen molar-refractivity contribution in [1.82, 2.24) is 4.98 Å². The van der Waals surface area contributed by atoms with Gasteiger partial charge < -0.3 is 5.32 Å². The number of nitrogens with one attached hydrogen (secondary N) is 1. The molecule has 0 radical (unpaired) electrons. The van der Waals surface area contributed by atoms with Gasteiger partial charge in [0.2, 0.25) is 0 Å². The van der Waals surface area contributed by atoms with Gasteiger partial charge in [-0.25, -0.2) is 0 Å². The molecule has 0 aliphatic heterocycles. The molecule has 2 nitrogen and oxygen atoms in total. The Morgan fingerprint density at radius 3 is 3.07 bits per heavy atom. The van der Waals surface area contributed by atoms with Gasteiger partial charge in [-0.2, -0.15) is 0 Å². The van der Waals surface area contributed by atoms with Crippen LogP contribution in [0.2, 0.25) is 5.02 Å². The van der Waals surface area contributed by atoms with E-state index in [1.165, 1.54) is 19.3 Å². The summed E-state index contributed by atoms with van der Waals surface area (Å²) in [6.07, 6.45) is 7.54. The van der Waals surface area contributed by atoms with E-state index >= 15 is 0 Å². The molecule has 15 heavy (non-hydrogen) atoms. The molecule has 2 unspecified atom stereocenters. The van der Waals surface area contributed by atoms with Crippen molar-refractivity contribution in [2.75, 3.05) is 11.9 Å². The fourth-order valence-electron chi connectivity index (χ4n) is 2.29. The maximum Gasteiger partial charge on any atom is 0.0820 e. The van der Waals surface area contributed by atoms with Crippen LogP contribution in [-0.2, 0) is 0 Å². The third-order valence-electron chi connectivity index (χ3n) is 3.37. The monoisotopic (exact) mass is 224 g/mol. The number of pyridine rings is 1. The van der Waals surface area contributed by atoms with E-state index in [2.05, 4.69) is 17.2 Å². The topological polar surface area (TPSA) is 24.9 Å². The van der Waals surface area contributed by atoms with Crippen LogP contribution in [0.25, 0.3) is 0 Å². The van der Waals surface area contributed by atoms with Crippen LogP contribution in [0, 0.1) is 11.8 Å². The normalized spacial score (nSPS) is 25.5. The number of halogens is 1. The van der Waals surface area contributed by atoms with Crippen molar-refractivity contribution in [1.29, 1.82) is 0 Å². The number of aromatic nitrogens is 1. The number of hydrogen-bond acceptors (Lipinski definition) is 2. The maximum atomic E-state index is 6.02. The van der Waals surface area contributed by atoms with Crippen LogP contribution >= 0.6 is 11.6 Å². The van der Waals surface area contributed by atoms with Crippen LogP contribution < -0.4 is 5.32 Å². The Balaban J connectivity index is 1.90. The third kappa shape index (κ3) is 2.63. The molecule has 1 N–H and O–H groups in total. The molecule has 1 aliphatic rings. The zero-order valence-electron chi connectivity index (χ0n) is 9.04. The lowest BCUT2D eigenvalue weighted by Crippen LogP contribution is -2.16. The largest absolute Gasteiger partial charge is 0.383 e. The summed E-state index contributed by atoms with van der Waals surface area (Å²) in [6.45, 7) is 3.37. The lowest BCUT2D eigenvalue weighted by atomic mass is 9.98. The first-order chi connectivity index (χ1) is 7.27. The quantitative estimate of drug-likeness (QED) is 0.849. The van der Waals surface area contributed by atoms with E-state index in [4.69, 9.17) is 11.6 Å². The Labute approximate surface area is 96.1 Å². The van der Waals surface area contributed by atoms with Gasteiger partial charge in [-0.3, -0.25) is 4.98 Å². The van der Waals surface area contributed by atoms with Gasteiger partial charge in [0, 0.05) is 18.9 Å². The molecule has 1 aromatic heterocycles. The highest BCUT2D eigenvalue weighted by atomic mass is 35.5. The zero-order chi connectivity index (χ0) is 10.7. The molecule has 1 aliphatic carbocycles. The molecule has 1 fully saturated rings. The molecule has 2 atom stereocenters. The Hall–Kier alpha value is -0.760. The summed E-state index contributed by atoms with van der Waals surface area (Å²) in [5.74, 6) is 1.65. The van der Waals surface area contributed by atoms with Gasteiger partial charge >= 0.3 is 0 Å². The van der Waals surface area contributed by atoms with Gasteiger partial charge in [-0.05, 0) is 24.3 Å². The summed E-state index contributed by atoms with van der Waals surface area (Å²) >= 11 is 6.02. The summed E-state index contributed by atoms with van der Waals surface area (Å²) < 4.78 is 0. The minimum Gasteiger partial charge on any atom is -0.383 e. The van der Waals surface area contributed by atoms with Crippen LogP contribution in [-0.4, -0.2) is 11.5 Å². The molecule has 82 valence electrons. The van der Waals surface area contributed by atoms with Crippen molar-refractivity contribution in [2.24, 2.45) is 11.8 Å².